The van der Waals surface area contributed by atoms with E-state index in [-0.39, 0.29) is 23.5 Å². The molecular weight excluding hydrogens is 318 g/mol. The van der Waals surface area contributed by atoms with Crippen LogP contribution in [-0.4, -0.2) is 51.5 Å². The van der Waals surface area contributed by atoms with Crippen LogP contribution in [0.5, 0.6) is 5.75 Å². The zero-order chi connectivity index (χ0) is 17.0. The van der Waals surface area contributed by atoms with Gasteiger partial charge in [-0.15, -0.1) is 0 Å². The first-order chi connectivity index (χ1) is 10.9. The van der Waals surface area contributed by atoms with Gasteiger partial charge in [0.25, 0.3) is 5.91 Å². The second-order valence-electron chi connectivity index (χ2n) is 5.42. The molecule has 23 heavy (non-hydrogen) atoms. The highest BCUT2D eigenvalue weighted by Crippen LogP contribution is 2.29. The topological polar surface area (TPSA) is 87.7 Å². The molecule has 0 bridgehead atoms. The minimum Gasteiger partial charge on any atom is -0.482 e. The Kier molecular flexibility index (Phi) is 5.61. The largest absolute Gasteiger partial charge is 0.482 e. The van der Waals surface area contributed by atoms with Crippen LogP contribution in [0.2, 0.25) is 0 Å². The van der Waals surface area contributed by atoms with Crippen molar-refractivity contribution in [2.75, 3.05) is 31.6 Å². The number of nitrogens with zero attached hydrogens (tertiary/aromatic N) is 1. The lowest BCUT2D eigenvalue weighted by molar-refractivity contribution is -0.118. The highest BCUT2D eigenvalue weighted by atomic mass is 32.2. The van der Waals surface area contributed by atoms with Crippen LogP contribution in [0.3, 0.4) is 0 Å². The predicted octanol–water partition coefficient (Wildman–Crippen LogP) is 1.03. The molecule has 2 N–H and O–H groups in total. The third kappa shape index (κ3) is 4.21. The number of ether oxygens (including phenoxy) is 1. The van der Waals surface area contributed by atoms with Gasteiger partial charge in [-0.1, -0.05) is 13.8 Å². The van der Waals surface area contributed by atoms with Crippen molar-refractivity contribution in [2.45, 2.75) is 31.7 Å². The van der Waals surface area contributed by atoms with Crippen molar-refractivity contribution < 1.29 is 17.9 Å². The van der Waals surface area contributed by atoms with Crippen LogP contribution in [0.1, 0.15) is 20.8 Å². The molecule has 0 aliphatic carbocycles. The number of rotatable bonds is 7. The van der Waals surface area contributed by atoms with Crippen LogP contribution in [0.25, 0.3) is 0 Å². The maximum Gasteiger partial charge on any atom is 0.262 e. The zero-order valence-electron chi connectivity index (χ0n) is 13.6. The van der Waals surface area contributed by atoms with Crippen molar-refractivity contribution in [1.29, 1.82) is 0 Å². The maximum atomic E-state index is 12.4. The smallest absolute Gasteiger partial charge is 0.262 e. The van der Waals surface area contributed by atoms with E-state index in [1.54, 1.807) is 6.07 Å². The highest BCUT2D eigenvalue weighted by molar-refractivity contribution is 7.89. The highest BCUT2D eigenvalue weighted by Gasteiger charge is 2.22. The summed E-state index contributed by atoms with van der Waals surface area (Å²) >= 11 is 0. The Morgan fingerprint density at radius 3 is 2.70 bits per heavy atom. The van der Waals surface area contributed by atoms with Crippen LogP contribution in [-0.2, 0) is 14.8 Å². The summed E-state index contributed by atoms with van der Waals surface area (Å²) in [7, 11) is -3.64. The Bertz CT molecular complexity index is 671. The number of benzene rings is 1. The minimum absolute atomic E-state index is 0.0568. The molecule has 0 aromatic heterocycles. The number of anilines is 1. The maximum absolute atomic E-state index is 12.4. The van der Waals surface area contributed by atoms with Crippen LogP contribution in [0.4, 0.5) is 5.69 Å². The van der Waals surface area contributed by atoms with Crippen LogP contribution in [0, 0.1) is 0 Å². The number of fused-ring (bicyclic) bond motifs is 1. The van der Waals surface area contributed by atoms with Crippen LogP contribution < -0.4 is 14.8 Å². The number of amides is 1. The van der Waals surface area contributed by atoms with Crippen LogP contribution in [0.15, 0.2) is 23.1 Å². The van der Waals surface area contributed by atoms with Gasteiger partial charge in [-0.2, -0.15) is 0 Å². The summed E-state index contributed by atoms with van der Waals surface area (Å²) in [6.07, 6.45) is 0. The summed E-state index contributed by atoms with van der Waals surface area (Å²) in [5, 5.41) is 2.61. The van der Waals surface area contributed by atoms with Crippen molar-refractivity contribution in [2.24, 2.45) is 0 Å². The normalized spacial score (nSPS) is 15.7. The van der Waals surface area contributed by atoms with Gasteiger partial charge in [0.2, 0.25) is 10.0 Å². The molecule has 1 aromatic rings. The van der Waals surface area contributed by atoms with Gasteiger partial charge in [0.1, 0.15) is 5.75 Å². The summed E-state index contributed by atoms with van der Waals surface area (Å²) in [4.78, 5) is 13.6. The number of sulfonamides is 1. The lowest BCUT2D eigenvalue weighted by Crippen LogP contribution is -2.42. The predicted molar refractivity (Wildman–Crippen MR) is 88.1 cm³/mol. The molecule has 1 atom stereocenters. The Morgan fingerprint density at radius 2 is 2.04 bits per heavy atom. The average molecular weight is 341 g/mol. The van der Waals surface area contributed by atoms with E-state index in [1.165, 1.54) is 12.1 Å². The zero-order valence-corrected chi connectivity index (χ0v) is 14.4. The molecule has 1 amide bonds. The van der Waals surface area contributed by atoms with Crippen molar-refractivity contribution in [3.05, 3.63) is 18.2 Å². The van der Waals surface area contributed by atoms with Crippen molar-refractivity contribution in [3.8, 4) is 5.75 Å². The van der Waals surface area contributed by atoms with E-state index in [4.69, 9.17) is 4.74 Å². The molecule has 0 saturated carbocycles. The lowest BCUT2D eigenvalue weighted by Gasteiger charge is -2.26. The fraction of sp³-hybridized carbons (Fsp3) is 0.533. The van der Waals surface area contributed by atoms with Gasteiger partial charge in [-0.3, -0.25) is 9.69 Å². The molecule has 1 aromatic carbocycles. The van der Waals surface area contributed by atoms with Gasteiger partial charge in [0.15, 0.2) is 6.61 Å². The number of likely N-dealkylation sites (N-methyl/N-ethyl adjacent to an activating group) is 1. The molecule has 8 heteroatoms. The molecule has 0 radical (unpaired) electrons. The fourth-order valence-corrected chi connectivity index (χ4v) is 3.67. The first kappa shape index (κ1) is 17.7. The summed E-state index contributed by atoms with van der Waals surface area (Å²) in [6, 6.07) is 4.54. The number of carbonyl (C=O) groups is 1. The van der Waals surface area contributed by atoms with E-state index < -0.39 is 10.0 Å². The molecule has 0 fully saturated rings. The molecule has 1 aliphatic rings. The van der Waals surface area contributed by atoms with E-state index in [2.05, 4.69) is 14.9 Å². The standard InChI is InChI=1S/C15H23N3O4S/c1-4-18(5-2)11(3)9-16-23(20,21)12-6-7-14-13(8-12)17-15(19)10-22-14/h6-8,11,16H,4-5,9-10H2,1-3H3,(H,17,19). The molecule has 0 saturated heterocycles. The van der Waals surface area contributed by atoms with Gasteiger partial charge in [0, 0.05) is 12.6 Å². The third-order valence-electron chi connectivity index (χ3n) is 3.90. The van der Waals surface area contributed by atoms with Gasteiger partial charge in [0.05, 0.1) is 10.6 Å². The van der Waals surface area contributed by atoms with E-state index in [0.29, 0.717) is 18.0 Å². The van der Waals surface area contributed by atoms with E-state index in [1.807, 2.05) is 20.8 Å². The van der Waals surface area contributed by atoms with E-state index in [9.17, 15) is 13.2 Å². The Hall–Kier alpha value is -1.64. The van der Waals surface area contributed by atoms with Gasteiger partial charge in [-0.25, -0.2) is 13.1 Å². The number of carbonyl (C=O) groups excluding carboxylic acids is 1. The summed E-state index contributed by atoms with van der Waals surface area (Å²) < 4.78 is 32.7. The van der Waals surface area contributed by atoms with E-state index in [0.717, 1.165) is 13.1 Å². The van der Waals surface area contributed by atoms with Gasteiger partial charge >= 0.3 is 0 Å². The van der Waals surface area contributed by atoms with Crippen molar-refractivity contribution in [3.63, 3.8) is 0 Å². The minimum atomic E-state index is -3.64. The third-order valence-corrected chi connectivity index (χ3v) is 5.32. The quantitative estimate of drug-likeness (QED) is 0.773. The monoisotopic (exact) mass is 341 g/mol. The molecule has 128 valence electrons. The van der Waals surface area contributed by atoms with Gasteiger partial charge in [-0.05, 0) is 38.2 Å². The molecule has 0 spiro atoms. The molecule has 1 heterocycles. The summed E-state index contributed by atoms with van der Waals surface area (Å²) in [6.45, 7) is 8.06. The molecule has 1 unspecified atom stereocenters. The lowest BCUT2D eigenvalue weighted by atomic mass is 10.2. The fourth-order valence-electron chi connectivity index (χ4n) is 2.52. The second-order valence-corrected chi connectivity index (χ2v) is 7.18. The first-order valence-corrected chi connectivity index (χ1v) is 9.16. The SMILES string of the molecule is CCN(CC)C(C)CNS(=O)(=O)c1ccc2c(c1)NC(=O)CO2. The summed E-state index contributed by atoms with van der Waals surface area (Å²) in [5.74, 6) is 0.176. The average Bonchev–Trinajstić information content (AvgIpc) is 2.53. The van der Waals surface area contributed by atoms with Crippen molar-refractivity contribution >= 4 is 21.6 Å². The van der Waals surface area contributed by atoms with Gasteiger partial charge < -0.3 is 10.1 Å². The molecular formula is C15H23N3O4S. The molecule has 7 nitrogen and oxygen atoms in total. The van der Waals surface area contributed by atoms with Crippen LogP contribution >= 0.6 is 0 Å². The second kappa shape index (κ2) is 7.29. The van der Waals surface area contributed by atoms with Crippen molar-refractivity contribution in [1.82, 2.24) is 9.62 Å². The Balaban J connectivity index is 2.11. The number of hydrogen-bond donors (Lipinski definition) is 2. The number of hydrogen-bond acceptors (Lipinski definition) is 5. The number of nitrogens with one attached hydrogen (secondary N) is 2. The first-order valence-electron chi connectivity index (χ1n) is 7.67. The summed E-state index contributed by atoms with van der Waals surface area (Å²) in [5.41, 5.74) is 0.376. The molecule has 1 aliphatic heterocycles. The molecule has 2 rings (SSSR count). The Labute approximate surface area is 137 Å². The van der Waals surface area contributed by atoms with E-state index >= 15 is 0 Å². The Morgan fingerprint density at radius 1 is 1.35 bits per heavy atom.